The lowest BCUT2D eigenvalue weighted by Gasteiger charge is -2.24. The predicted octanol–water partition coefficient (Wildman–Crippen LogP) is 3.51. The summed E-state index contributed by atoms with van der Waals surface area (Å²) in [6.45, 7) is 5.26. The first-order valence-corrected chi connectivity index (χ1v) is 7.44. The normalized spacial score (nSPS) is 12.3. The fourth-order valence-corrected chi connectivity index (χ4v) is 2.35. The Morgan fingerprint density at radius 1 is 1.30 bits per heavy atom. The number of hydrogen-bond donors (Lipinski definition) is 1. The van der Waals surface area contributed by atoms with E-state index in [2.05, 4.69) is 5.32 Å². The number of hydrogen-bond acceptors (Lipinski definition) is 5. The number of aldehydes is 1. The molecule has 0 aromatic heterocycles. The Labute approximate surface area is 141 Å². The zero-order chi connectivity index (χ0) is 17.6. The highest BCUT2D eigenvalue weighted by Gasteiger charge is 2.24. The molecule has 0 aliphatic heterocycles. The molecule has 1 aromatic carbocycles. The number of amides is 1. The smallest absolute Gasteiger partial charge is 0.408 e. The van der Waals surface area contributed by atoms with Crippen LogP contribution in [0.4, 0.5) is 4.79 Å². The molecule has 1 N–H and O–H groups in total. The maximum atomic E-state index is 12.0. The second-order valence-corrected chi connectivity index (χ2v) is 6.18. The molecule has 0 fully saturated rings. The summed E-state index contributed by atoms with van der Waals surface area (Å²) < 4.78 is 15.6. The van der Waals surface area contributed by atoms with Gasteiger partial charge in [0.2, 0.25) is 0 Å². The Kier molecular flexibility index (Phi) is 6.69. The molecule has 128 valence electrons. The van der Waals surface area contributed by atoms with Crippen molar-refractivity contribution in [3.63, 3.8) is 0 Å². The maximum Gasteiger partial charge on any atom is 0.408 e. The van der Waals surface area contributed by atoms with Crippen LogP contribution < -0.4 is 14.8 Å². The minimum atomic E-state index is -0.642. The largest absolute Gasteiger partial charge is 0.493 e. The second-order valence-electron chi connectivity index (χ2n) is 5.81. The molecule has 1 atom stereocenters. The first-order valence-electron chi connectivity index (χ1n) is 7.07. The van der Waals surface area contributed by atoms with Crippen LogP contribution in [0, 0.1) is 0 Å². The molecule has 0 saturated carbocycles. The summed E-state index contributed by atoms with van der Waals surface area (Å²) in [6, 6.07) is 2.71. The molecular formula is C16H22ClNO5. The third-order valence-electron chi connectivity index (χ3n) is 2.91. The fourth-order valence-electron chi connectivity index (χ4n) is 1.98. The van der Waals surface area contributed by atoms with Gasteiger partial charge in [-0.15, -0.1) is 0 Å². The van der Waals surface area contributed by atoms with Gasteiger partial charge in [0.05, 0.1) is 25.3 Å². The lowest BCUT2D eigenvalue weighted by Crippen LogP contribution is -2.35. The number of alkyl carbamates (subject to hydrolysis) is 1. The van der Waals surface area contributed by atoms with E-state index in [-0.39, 0.29) is 11.4 Å². The molecule has 0 aliphatic carbocycles. The van der Waals surface area contributed by atoms with Gasteiger partial charge in [0, 0.05) is 6.42 Å². The summed E-state index contributed by atoms with van der Waals surface area (Å²) in [6.07, 6.45) is 0.124. The van der Waals surface area contributed by atoms with Crippen LogP contribution in [0.5, 0.6) is 11.5 Å². The molecule has 0 bridgehead atoms. The van der Waals surface area contributed by atoms with Gasteiger partial charge in [-0.25, -0.2) is 4.79 Å². The Morgan fingerprint density at radius 3 is 2.43 bits per heavy atom. The second kappa shape index (κ2) is 8.06. The van der Waals surface area contributed by atoms with Crippen LogP contribution in [-0.2, 0) is 9.53 Å². The van der Waals surface area contributed by atoms with Crippen molar-refractivity contribution >= 4 is 24.0 Å². The van der Waals surface area contributed by atoms with Gasteiger partial charge in [0.1, 0.15) is 11.9 Å². The van der Waals surface area contributed by atoms with E-state index in [1.807, 2.05) is 0 Å². The lowest BCUT2D eigenvalue weighted by molar-refractivity contribution is -0.108. The van der Waals surface area contributed by atoms with Crippen LogP contribution in [0.1, 0.15) is 38.8 Å². The SMILES string of the molecule is COc1ccc([C@H](CC=O)NC(=O)OC(C)(C)C)c(Cl)c1OC. The van der Waals surface area contributed by atoms with Crippen molar-refractivity contribution in [3.8, 4) is 11.5 Å². The van der Waals surface area contributed by atoms with Gasteiger partial charge >= 0.3 is 6.09 Å². The number of nitrogens with one attached hydrogen (secondary N) is 1. The van der Waals surface area contributed by atoms with Crippen molar-refractivity contribution in [2.24, 2.45) is 0 Å². The van der Waals surface area contributed by atoms with Gasteiger partial charge < -0.3 is 24.3 Å². The zero-order valence-electron chi connectivity index (χ0n) is 13.9. The maximum absolute atomic E-state index is 12.0. The number of carbonyl (C=O) groups excluding carboxylic acids is 2. The van der Waals surface area contributed by atoms with Gasteiger partial charge in [-0.05, 0) is 32.4 Å². The van der Waals surface area contributed by atoms with Gasteiger partial charge in [0.15, 0.2) is 11.5 Å². The first-order chi connectivity index (χ1) is 10.7. The van der Waals surface area contributed by atoms with E-state index in [0.29, 0.717) is 23.3 Å². The van der Waals surface area contributed by atoms with E-state index in [4.69, 9.17) is 25.8 Å². The van der Waals surface area contributed by atoms with Crippen LogP contribution >= 0.6 is 11.6 Å². The van der Waals surface area contributed by atoms with Crippen LogP contribution in [-0.4, -0.2) is 32.2 Å². The Balaban J connectivity index is 3.11. The van der Waals surface area contributed by atoms with Gasteiger partial charge in [-0.2, -0.15) is 0 Å². The third-order valence-corrected chi connectivity index (χ3v) is 3.30. The van der Waals surface area contributed by atoms with Crippen molar-refractivity contribution in [1.82, 2.24) is 5.32 Å². The van der Waals surface area contributed by atoms with Crippen LogP contribution in [0.15, 0.2) is 12.1 Å². The van der Waals surface area contributed by atoms with E-state index in [1.165, 1.54) is 14.2 Å². The Morgan fingerprint density at radius 2 is 1.96 bits per heavy atom. The van der Waals surface area contributed by atoms with E-state index in [0.717, 1.165) is 0 Å². The highest BCUT2D eigenvalue weighted by Crippen LogP contribution is 2.40. The van der Waals surface area contributed by atoms with E-state index in [1.54, 1.807) is 32.9 Å². The average Bonchev–Trinajstić information content (AvgIpc) is 2.44. The monoisotopic (exact) mass is 343 g/mol. The number of ether oxygens (including phenoxy) is 3. The molecular weight excluding hydrogens is 322 g/mol. The summed E-state index contributed by atoms with van der Waals surface area (Å²) >= 11 is 6.33. The van der Waals surface area contributed by atoms with Crippen molar-refractivity contribution < 1.29 is 23.8 Å². The molecule has 1 aromatic rings. The summed E-state index contributed by atoms with van der Waals surface area (Å²) in [4.78, 5) is 22.9. The number of halogens is 1. The van der Waals surface area contributed by atoms with Crippen LogP contribution in [0.3, 0.4) is 0 Å². The fraction of sp³-hybridized carbons (Fsp3) is 0.500. The first kappa shape index (κ1) is 19.1. The lowest BCUT2D eigenvalue weighted by atomic mass is 10.0. The quantitative estimate of drug-likeness (QED) is 0.800. The molecule has 6 nitrogen and oxygen atoms in total. The summed E-state index contributed by atoms with van der Waals surface area (Å²) in [7, 11) is 2.96. The van der Waals surface area contributed by atoms with Crippen LogP contribution in [0.2, 0.25) is 5.02 Å². The van der Waals surface area contributed by atoms with Crippen molar-refractivity contribution in [3.05, 3.63) is 22.7 Å². The average molecular weight is 344 g/mol. The molecule has 0 heterocycles. The minimum Gasteiger partial charge on any atom is -0.493 e. The molecule has 0 unspecified atom stereocenters. The Hall–Kier alpha value is -1.95. The number of benzene rings is 1. The van der Waals surface area contributed by atoms with Crippen molar-refractivity contribution in [1.29, 1.82) is 0 Å². The number of rotatable bonds is 6. The van der Waals surface area contributed by atoms with Crippen LogP contribution in [0.25, 0.3) is 0 Å². The molecule has 0 aliphatic rings. The molecule has 0 saturated heterocycles. The van der Waals surface area contributed by atoms with Gasteiger partial charge in [0.25, 0.3) is 0 Å². The molecule has 1 amide bonds. The van der Waals surface area contributed by atoms with Crippen molar-refractivity contribution in [2.75, 3.05) is 14.2 Å². The molecule has 0 radical (unpaired) electrons. The highest BCUT2D eigenvalue weighted by molar-refractivity contribution is 6.33. The molecule has 7 heteroatoms. The topological polar surface area (TPSA) is 73.9 Å². The summed E-state index contributed by atoms with van der Waals surface area (Å²) in [5, 5.41) is 2.92. The predicted molar refractivity (Wildman–Crippen MR) is 87.3 cm³/mol. The zero-order valence-corrected chi connectivity index (χ0v) is 14.7. The number of methoxy groups -OCH3 is 2. The molecule has 1 rings (SSSR count). The molecule has 0 spiro atoms. The van der Waals surface area contributed by atoms with E-state index in [9.17, 15) is 9.59 Å². The highest BCUT2D eigenvalue weighted by atomic mass is 35.5. The number of carbonyl (C=O) groups is 2. The summed E-state index contributed by atoms with van der Waals surface area (Å²) in [5.74, 6) is 0.803. The minimum absolute atomic E-state index is 0.0500. The Bertz CT molecular complexity index is 568. The summed E-state index contributed by atoms with van der Waals surface area (Å²) in [5.41, 5.74) is -0.0979. The van der Waals surface area contributed by atoms with E-state index >= 15 is 0 Å². The van der Waals surface area contributed by atoms with Crippen molar-refractivity contribution in [2.45, 2.75) is 38.8 Å². The van der Waals surface area contributed by atoms with Gasteiger partial charge in [-0.1, -0.05) is 17.7 Å². The van der Waals surface area contributed by atoms with Gasteiger partial charge in [-0.3, -0.25) is 0 Å². The molecule has 23 heavy (non-hydrogen) atoms. The third kappa shape index (κ3) is 5.32. The standard InChI is InChI=1S/C16H22ClNO5/c1-16(2,3)23-15(20)18-11(8-9-19)10-6-7-12(21-4)14(22-5)13(10)17/h6-7,9,11H,8H2,1-5H3,(H,18,20)/t11-/m0/s1. The van der Waals surface area contributed by atoms with E-state index < -0.39 is 17.7 Å².